The summed E-state index contributed by atoms with van der Waals surface area (Å²) in [5.74, 6) is 1.000. The Hall–Kier alpha value is -1.000. The molecule has 0 atom stereocenters. The van der Waals surface area contributed by atoms with E-state index in [1.807, 2.05) is 0 Å². The van der Waals surface area contributed by atoms with Crippen LogP contribution in [0.1, 0.15) is 71.1 Å². The third-order valence-electron chi connectivity index (χ3n) is 7.31. The van der Waals surface area contributed by atoms with Crippen molar-refractivity contribution in [1.82, 2.24) is 0 Å². The monoisotopic (exact) mass is 526 g/mol. The number of fused-ring (bicyclic) bond motifs is 1. The van der Waals surface area contributed by atoms with Crippen LogP contribution >= 0.6 is 0 Å². The molecule has 0 aromatic heterocycles. The topological polar surface area (TPSA) is 9.23 Å². The summed E-state index contributed by atoms with van der Waals surface area (Å²) in [6.45, 7) is 8.24. The third kappa shape index (κ3) is 15.0. The number of hydrogen-bond donors (Lipinski definition) is 0. The summed E-state index contributed by atoms with van der Waals surface area (Å²) in [6.07, 6.45) is 13.6. The molecule has 0 fully saturated rings. The Labute approximate surface area is 229 Å². The Kier molecular flexibility index (Phi) is 17.8. The number of unbranched alkanes of at least 4 members (excludes halogenated alkanes) is 9. The van der Waals surface area contributed by atoms with E-state index in [2.05, 4.69) is 77.6 Å². The molecule has 0 bridgehead atoms. The Morgan fingerprint density at radius 2 is 1.09 bits per heavy atom. The van der Waals surface area contributed by atoms with Crippen molar-refractivity contribution < 1.29 is 38.5 Å². The largest absolute Gasteiger partial charge is 1.00 e. The number of hydrogen-bond acceptors (Lipinski definition) is 1. The van der Waals surface area contributed by atoms with E-state index < -0.39 is 0 Å². The zero-order chi connectivity index (χ0) is 24.0. The summed E-state index contributed by atoms with van der Waals surface area (Å²) in [6, 6.07) is 14.9. The van der Waals surface area contributed by atoms with Gasteiger partial charge in [-0.05, 0) is 49.1 Å². The molecule has 0 saturated heterocycles. The van der Waals surface area contributed by atoms with Crippen LogP contribution in [0.2, 0.25) is 0 Å². The van der Waals surface area contributed by atoms with Gasteiger partial charge in [0.1, 0.15) is 18.8 Å². The fraction of sp³-hybridized carbons (Fsp3) is 0.667. The number of likely N-dealkylation sites (N-methyl/N-ethyl adjacent to an activating group) is 2. The SMILES string of the molecule is CC[N+](C)(C)CC[N+](C)(C)CCCCCCCCCCCCOc1ccc2ccccc2c1.[Cl-].[Cl-]. The molecular formula is C30H52Cl2N2O. The van der Waals surface area contributed by atoms with Gasteiger partial charge in [-0.15, -0.1) is 0 Å². The van der Waals surface area contributed by atoms with Crippen LogP contribution in [-0.4, -0.2) is 69.9 Å². The summed E-state index contributed by atoms with van der Waals surface area (Å²) in [5, 5.41) is 2.53. The molecule has 202 valence electrons. The highest BCUT2D eigenvalue weighted by Gasteiger charge is 2.20. The van der Waals surface area contributed by atoms with Crippen LogP contribution in [0.25, 0.3) is 10.8 Å². The molecule has 0 spiro atoms. The van der Waals surface area contributed by atoms with E-state index in [4.69, 9.17) is 4.74 Å². The fourth-order valence-electron chi connectivity index (χ4n) is 4.31. The van der Waals surface area contributed by atoms with Gasteiger partial charge in [-0.25, -0.2) is 0 Å². The number of quaternary nitrogens is 2. The number of nitrogens with zero attached hydrogens (tertiary/aromatic N) is 2. The van der Waals surface area contributed by atoms with Gasteiger partial charge < -0.3 is 38.5 Å². The molecule has 2 rings (SSSR count). The van der Waals surface area contributed by atoms with Crippen molar-refractivity contribution in [1.29, 1.82) is 0 Å². The molecule has 35 heavy (non-hydrogen) atoms. The van der Waals surface area contributed by atoms with Crippen LogP contribution in [0.4, 0.5) is 0 Å². The Bertz CT molecular complexity index is 795. The molecule has 0 aliphatic carbocycles. The zero-order valence-electron chi connectivity index (χ0n) is 23.2. The maximum atomic E-state index is 5.96. The van der Waals surface area contributed by atoms with Gasteiger partial charge in [0, 0.05) is 0 Å². The molecular weight excluding hydrogens is 475 g/mol. The van der Waals surface area contributed by atoms with Crippen LogP contribution < -0.4 is 29.6 Å². The predicted molar refractivity (Wildman–Crippen MR) is 145 cm³/mol. The summed E-state index contributed by atoms with van der Waals surface area (Å²) < 4.78 is 8.27. The minimum Gasteiger partial charge on any atom is -1.00 e. The van der Waals surface area contributed by atoms with Gasteiger partial charge in [-0.1, -0.05) is 75.3 Å². The quantitative estimate of drug-likeness (QED) is 0.210. The van der Waals surface area contributed by atoms with E-state index in [1.165, 1.54) is 99.2 Å². The van der Waals surface area contributed by atoms with Crippen LogP contribution in [0.3, 0.4) is 0 Å². The molecule has 0 heterocycles. The Morgan fingerprint density at radius 1 is 0.571 bits per heavy atom. The molecule has 0 N–H and O–H groups in total. The molecule has 2 aromatic rings. The highest BCUT2D eigenvalue weighted by atomic mass is 35.5. The van der Waals surface area contributed by atoms with Crippen molar-refractivity contribution in [3.63, 3.8) is 0 Å². The number of ether oxygens (including phenoxy) is 1. The highest BCUT2D eigenvalue weighted by Crippen LogP contribution is 2.21. The molecule has 0 saturated carbocycles. The van der Waals surface area contributed by atoms with Crippen molar-refractivity contribution in [2.75, 3.05) is 61.0 Å². The first-order valence-electron chi connectivity index (χ1n) is 13.6. The molecule has 0 amide bonds. The summed E-state index contributed by atoms with van der Waals surface area (Å²) >= 11 is 0. The minimum absolute atomic E-state index is 0. The average Bonchev–Trinajstić information content (AvgIpc) is 2.81. The maximum Gasteiger partial charge on any atom is 0.128 e. The second kappa shape index (κ2) is 18.3. The van der Waals surface area contributed by atoms with E-state index in [1.54, 1.807) is 0 Å². The summed E-state index contributed by atoms with van der Waals surface area (Å²) in [4.78, 5) is 0. The molecule has 3 nitrogen and oxygen atoms in total. The predicted octanol–water partition coefficient (Wildman–Crippen LogP) is 1.30. The smallest absolute Gasteiger partial charge is 0.128 e. The van der Waals surface area contributed by atoms with E-state index in [-0.39, 0.29) is 24.8 Å². The van der Waals surface area contributed by atoms with Crippen molar-refractivity contribution in [2.45, 2.75) is 71.1 Å². The number of benzene rings is 2. The highest BCUT2D eigenvalue weighted by molar-refractivity contribution is 5.83. The standard InChI is InChI=1S/C30H52N2O.2ClH/c1-6-31(2,3)24-25-32(4,5)23-17-13-11-9-7-8-10-12-14-18-26-33-30-22-21-28-19-15-16-20-29(28)27-30;;/h15-16,19-22,27H,6-14,17-18,23-26H2,1-5H3;2*1H/q+2;;/p-2. The first-order valence-corrected chi connectivity index (χ1v) is 13.6. The van der Waals surface area contributed by atoms with E-state index in [9.17, 15) is 0 Å². The van der Waals surface area contributed by atoms with E-state index >= 15 is 0 Å². The summed E-state index contributed by atoms with van der Waals surface area (Å²) in [5.41, 5.74) is 0. The van der Waals surface area contributed by atoms with Gasteiger partial charge in [0.25, 0.3) is 0 Å². The third-order valence-corrected chi connectivity index (χ3v) is 7.31. The lowest BCUT2D eigenvalue weighted by Crippen LogP contribution is -3.00. The second-order valence-electron chi connectivity index (χ2n) is 11.3. The van der Waals surface area contributed by atoms with Crippen LogP contribution in [0.15, 0.2) is 42.5 Å². The number of halogens is 2. The fourth-order valence-corrected chi connectivity index (χ4v) is 4.31. The van der Waals surface area contributed by atoms with Gasteiger partial charge in [0.05, 0.1) is 47.9 Å². The van der Waals surface area contributed by atoms with E-state index in [0.717, 1.165) is 23.3 Å². The van der Waals surface area contributed by atoms with Gasteiger partial charge in [0.15, 0.2) is 0 Å². The normalized spacial score (nSPS) is 11.7. The Balaban J connectivity index is 0.00000578. The number of rotatable bonds is 18. The molecule has 0 radical (unpaired) electrons. The first kappa shape index (κ1) is 34.0. The van der Waals surface area contributed by atoms with E-state index in [0.29, 0.717) is 0 Å². The van der Waals surface area contributed by atoms with Crippen LogP contribution in [0, 0.1) is 0 Å². The lowest BCUT2D eigenvalue weighted by Gasteiger charge is -2.35. The second-order valence-corrected chi connectivity index (χ2v) is 11.3. The molecule has 0 aliphatic heterocycles. The van der Waals surface area contributed by atoms with Gasteiger partial charge in [-0.2, -0.15) is 0 Å². The minimum atomic E-state index is 0. The lowest BCUT2D eigenvalue weighted by molar-refractivity contribution is -0.945. The van der Waals surface area contributed by atoms with Crippen molar-refractivity contribution in [3.8, 4) is 5.75 Å². The van der Waals surface area contributed by atoms with Crippen molar-refractivity contribution in [2.24, 2.45) is 0 Å². The lowest BCUT2D eigenvalue weighted by atomic mass is 10.1. The first-order chi connectivity index (χ1) is 15.8. The van der Waals surface area contributed by atoms with Gasteiger partial charge in [-0.3, -0.25) is 0 Å². The zero-order valence-corrected chi connectivity index (χ0v) is 24.7. The average molecular weight is 528 g/mol. The van der Waals surface area contributed by atoms with Crippen LogP contribution in [-0.2, 0) is 0 Å². The van der Waals surface area contributed by atoms with Crippen molar-refractivity contribution in [3.05, 3.63) is 42.5 Å². The van der Waals surface area contributed by atoms with Crippen molar-refractivity contribution >= 4 is 10.8 Å². The summed E-state index contributed by atoms with van der Waals surface area (Å²) in [7, 11) is 9.50. The van der Waals surface area contributed by atoms with Gasteiger partial charge in [0.2, 0.25) is 0 Å². The maximum absolute atomic E-state index is 5.96. The Morgan fingerprint density at radius 3 is 1.69 bits per heavy atom. The molecule has 5 heteroatoms. The molecule has 0 unspecified atom stereocenters. The van der Waals surface area contributed by atoms with Gasteiger partial charge >= 0.3 is 0 Å². The van der Waals surface area contributed by atoms with Crippen LogP contribution in [0.5, 0.6) is 5.75 Å². The molecule has 2 aromatic carbocycles. The molecule has 0 aliphatic rings.